The van der Waals surface area contributed by atoms with Crippen LogP contribution in [0.5, 0.6) is 0 Å². The molecule has 0 aliphatic heterocycles. The monoisotopic (exact) mass is 2050 g/mol. The number of alkyl halides is 1. The number of nitrogens with one attached hydrogen (secondary N) is 2. The third kappa shape index (κ3) is 34.4. The molecule has 738 valence electrons. The van der Waals surface area contributed by atoms with Crippen LogP contribution in [0.4, 0.5) is 35.4 Å². The molecule has 3 aromatic heterocycles. The third-order valence-electron chi connectivity index (χ3n) is 24.7. The molecule has 0 bridgehead atoms. The summed E-state index contributed by atoms with van der Waals surface area (Å²) in [7, 11) is -6.73. The predicted octanol–water partition coefficient (Wildman–Crippen LogP) is 24.8. The minimum atomic E-state index is -4.24. The van der Waals surface area contributed by atoms with Crippen molar-refractivity contribution in [3.63, 3.8) is 0 Å². The number of sulfonamides is 1. The summed E-state index contributed by atoms with van der Waals surface area (Å²) in [6.45, 7) is 23.8. The highest BCUT2D eigenvalue weighted by atomic mass is 79.9. The number of amides is 2. The molecule has 0 unspecified atom stereocenters. The van der Waals surface area contributed by atoms with Crippen molar-refractivity contribution >= 4 is 129 Å². The first-order valence-electron chi connectivity index (χ1n) is 47.9. The Morgan fingerprint density at radius 1 is 0.496 bits per heavy atom. The first kappa shape index (κ1) is 108. The minimum absolute atomic E-state index is 0.106. The van der Waals surface area contributed by atoms with E-state index in [1.807, 2.05) is 84.9 Å². The number of likely N-dealkylation sites (N-methyl/N-ethyl adjacent to an activating group) is 1. The highest BCUT2D eigenvalue weighted by Crippen LogP contribution is 2.37. The van der Waals surface area contributed by atoms with Gasteiger partial charge in [0.05, 0.1) is 58.3 Å². The number of hydrogen-bond acceptors (Lipinski definition) is 18. The van der Waals surface area contributed by atoms with Gasteiger partial charge in [-0.25, -0.2) is 40.8 Å². The number of rotatable bonds is 34. The first-order valence-corrected chi connectivity index (χ1v) is 61.9. The van der Waals surface area contributed by atoms with E-state index in [1.165, 1.54) is 139 Å². The van der Waals surface area contributed by atoms with Crippen molar-refractivity contribution in [2.75, 3.05) is 48.9 Å². The number of ether oxygens (including phenoxy) is 5. The maximum atomic E-state index is 13.5. The molecule has 139 heavy (non-hydrogen) atoms. The van der Waals surface area contributed by atoms with E-state index in [2.05, 4.69) is 174 Å². The Balaban J connectivity index is 0.000000174. The van der Waals surface area contributed by atoms with Crippen LogP contribution in [0.15, 0.2) is 238 Å². The fourth-order valence-corrected chi connectivity index (χ4v) is 20.4. The van der Waals surface area contributed by atoms with Crippen molar-refractivity contribution in [3.8, 4) is 6.07 Å². The number of halogens is 4. The molecule has 0 atom stereocenters. The highest BCUT2D eigenvalue weighted by Gasteiger charge is 2.28. The number of hydrogen-bond donors (Lipinski definition) is 2. The van der Waals surface area contributed by atoms with Crippen LogP contribution < -0.4 is 32.2 Å². The smallest absolute Gasteiger partial charge is 0.414 e. The summed E-state index contributed by atoms with van der Waals surface area (Å²) in [5.74, 6) is -0.699. The third-order valence-corrected chi connectivity index (χ3v) is 32.4. The number of fused-ring (bicyclic) bond motifs is 3. The van der Waals surface area contributed by atoms with Gasteiger partial charge in [0.1, 0.15) is 39.5 Å². The van der Waals surface area contributed by atoms with Crippen molar-refractivity contribution in [1.29, 1.82) is 5.26 Å². The van der Waals surface area contributed by atoms with E-state index in [9.17, 15) is 46.0 Å². The normalized spacial score (nSPS) is 13.8. The average Bonchev–Trinajstić information content (AvgIpc) is 0.848. The van der Waals surface area contributed by atoms with E-state index < -0.39 is 80.3 Å². The lowest BCUT2D eigenvalue weighted by atomic mass is 9.84. The molecule has 0 spiro atoms. The second kappa shape index (κ2) is 53.0. The predicted molar refractivity (Wildman–Crippen MR) is 562 cm³/mol. The zero-order chi connectivity index (χ0) is 99.7. The van der Waals surface area contributed by atoms with Crippen LogP contribution in [0.3, 0.4) is 0 Å². The van der Waals surface area contributed by atoms with Crippen LogP contribution in [0.25, 0.3) is 32.3 Å². The average molecular weight is 2050 g/mol. The van der Waals surface area contributed by atoms with Crippen LogP contribution in [-0.2, 0) is 90.3 Å². The van der Waals surface area contributed by atoms with Gasteiger partial charge in [-0.2, -0.15) is 24.9 Å². The van der Waals surface area contributed by atoms with Crippen LogP contribution in [0, 0.1) is 23.0 Å². The summed E-state index contributed by atoms with van der Waals surface area (Å²) in [4.78, 5) is 75.8. The molecule has 3 fully saturated rings. The minimum Gasteiger partial charge on any atom is -0.444 e. The standard InChI is InChI=1S/C35H43N3O4Si.C27H37N3O2Si.C22H27N3O4Si.C13H17Br.C10H7ClF2N2O3S/c1-43(2,3)21-20-41-26-38-34(39)33-19-18-32(22-31(33)23-36-38)37(35(40)42-25-28-10-6-4-7-11-28)24-27-14-16-30(17-15-27)29-12-8-5-9-13-29;1-33(2,3)16-15-32-20-30-27(31)26-14-13-25(17-24(26)19-29-30)28-18-21-9-11-23(12-10-21)22-7-5-4-6-8-22;1-30(2,3)12-11-28-16-25-21(26)20-10-9-19(13-18(20)14-23-25)24-22(27)29-15-17-7-5-4-6-8-17;14-10-11-6-8-13(9-7-11)12-4-2-1-3-5-12;1-15(5-9(11)16)19(17,18)7-2-6(4-14)10(13)8(12)3-7/h4,6-7,10-11,14-19,22-23,29H,5,8-9,12-13,20-21,24-26H2,1-3H3;9-14,17,19,22,28H,4-8,15-16,18,20H2,1-3H3;4-10,13-14H,11-12,15-16H2,1-3H3,(H,24,27);6-9,12H,1-5,10H2;2-3H,5H2,1H3. The van der Waals surface area contributed by atoms with Crippen LogP contribution in [0.2, 0.25) is 77.1 Å². The fraction of sp³-hybridized carbons (Fsp3) is 0.402. The molecule has 9 aromatic carbocycles. The van der Waals surface area contributed by atoms with Gasteiger partial charge in [0.15, 0.2) is 11.6 Å². The van der Waals surface area contributed by atoms with E-state index >= 15 is 0 Å². The quantitative estimate of drug-likeness (QED) is 0.0164. The Hall–Kier alpha value is -11.0. The molecular formula is C107H131BrClF2N11O13SSi3. The largest absolute Gasteiger partial charge is 0.444 e. The van der Waals surface area contributed by atoms with Crippen molar-refractivity contribution in [3.05, 3.63) is 312 Å². The number of carbonyl (C=O) groups is 3. The molecule has 24 nitrogen and oxygen atoms in total. The first-order chi connectivity index (χ1) is 66.6. The maximum Gasteiger partial charge on any atom is 0.414 e. The zero-order valence-corrected chi connectivity index (χ0v) is 87.6. The summed E-state index contributed by atoms with van der Waals surface area (Å²) in [6, 6.07) is 67.8. The number of benzene rings is 9. The van der Waals surface area contributed by atoms with Crippen molar-refractivity contribution in [2.24, 2.45) is 0 Å². The van der Waals surface area contributed by atoms with Gasteiger partial charge in [0.25, 0.3) is 16.7 Å². The molecule has 3 heterocycles. The lowest BCUT2D eigenvalue weighted by Crippen LogP contribution is -2.31. The molecule has 12 aromatic rings. The van der Waals surface area contributed by atoms with Crippen molar-refractivity contribution < 1.29 is 55.3 Å². The van der Waals surface area contributed by atoms with Gasteiger partial charge in [0, 0.05) is 96.2 Å². The summed E-state index contributed by atoms with van der Waals surface area (Å²) in [6.07, 6.45) is 24.3. The second-order valence-corrected chi connectivity index (χ2v) is 59.2. The summed E-state index contributed by atoms with van der Waals surface area (Å²) in [5.41, 5.74) is 10.8. The van der Waals surface area contributed by atoms with Gasteiger partial charge in [-0.15, -0.1) is 0 Å². The van der Waals surface area contributed by atoms with E-state index in [-0.39, 0.29) is 50.1 Å². The summed E-state index contributed by atoms with van der Waals surface area (Å²) < 4.78 is 82.8. The molecule has 3 aliphatic rings. The molecular weight excluding hydrogens is 1920 g/mol. The van der Waals surface area contributed by atoms with Gasteiger partial charge in [-0.1, -0.05) is 266 Å². The number of nitrogens with zero attached hydrogens (tertiary/aromatic N) is 9. The van der Waals surface area contributed by atoms with Gasteiger partial charge in [-0.3, -0.25) is 29.4 Å². The zero-order valence-electron chi connectivity index (χ0n) is 81.5. The van der Waals surface area contributed by atoms with Gasteiger partial charge < -0.3 is 29.0 Å². The molecule has 3 aliphatic carbocycles. The summed E-state index contributed by atoms with van der Waals surface area (Å²) >= 11 is 8.53. The Bertz CT molecular complexity index is 6390. The maximum absolute atomic E-state index is 13.5. The highest BCUT2D eigenvalue weighted by molar-refractivity contribution is 9.08. The van der Waals surface area contributed by atoms with Crippen LogP contribution in [0.1, 0.15) is 164 Å². The summed E-state index contributed by atoms with van der Waals surface area (Å²) in [5, 5.41) is 31.5. The number of anilines is 3. The molecule has 0 saturated heterocycles. The Morgan fingerprint density at radius 3 is 1.31 bits per heavy atom. The van der Waals surface area contributed by atoms with E-state index in [1.54, 1.807) is 59.4 Å². The number of carbonyl (C=O) groups excluding carboxylic acids is 3. The van der Waals surface area contributed by atoms with Crippen molar-refractivity contribution in [2.45, 2.75) is 248 Å². The lowest BCUT2D eigenvalue weighted by molar-refractivity contribution is -0.111. The van der Waals surface area contributed by atoms with Gasteiger partial charge >= 0.3 is 12.2 Å². The van der Waals surface area contributed by atoms with Crippen LogP contribution in [-0.4, -0.2) is 117 Å². The Labute approximate surface area is 831 Å². The van der Waals surface area contributed by atoms with E-state index in [0.717, 1.165) is 76.7 Å². The van der Waals surface area contributed by atoms with E-state index in [0.29, 0.717) is 87.0 Å². The Morgan fingerprint density at radius 2 is 0.892 bits per heavy atom. The SMILES string of the molecule is BrCc1ccc(C2CCCCC2)cc1.CN(CC(=O)Cl)S(=O)(=O)c1cc(F)c(F)c(C#N)c1.C[Si](C)(C)CCOCn1ncc2cc(N(Cc3ccc(C4CCCCC4)cc3)C(=O)OCc3ccccc3)ccc2c1=O.C[Si](C)(C)CCOCn1ncc2cc(NC(=O)OCc3ccccc3)ccc2c1=O.C[Si](C)(C)CCOCn1ncc2cc(NCc3ccc(C4CCCCC4)cc3)ccc2c1=O. The topological polar surface area (TPSA) is 290 Å². The molecule has 3 saturated carbocycles. The van der Waals surface area contributed by atoms with Gasteiger partial charge in [-0.05, 0) is 197 Å². The number of nitriles is 1. The van der Waals surface area contributed by atoms with Crippen molar-refractivity contribution in [1.82, 2.24) is 33.6 Å². The molecule has 2 N–H and O–H groups in total. The second-order valence-electron chi connectivity index (χ2n) is 39.3. The Kier molecular flexibility index (Phi) is 41.3. The molecule has 32 heteroatoms. The van der Waals surface area contributed by atoms with Gasteiger partial charge in [0.2, 0.25) is 15.3 Å². The van der Waals surface area contributed by atoms with E-state index in [4.69, 9.17) is 40.5 Å². The fourth-order valence-electron chi connectivity index (χ4n) is 16.3. The lowest BCUT2D eigenvalue weighted by Gasteiger charge is -2.24. The number of aromatic nitrogens is 6. The molecule has 0 radical (unpaired) electrons. The molecule has 15 rings (SSSR count). The molecule has 2 amide bonds. The van der Waals surface area contributed by atoms with Crippen LogP contribution >= 0.6 is 27.5 Å².